The highest BCUT2D eigenvalue weighted by atomic mass is 16.2. The number of nitrogens with zero attached hydrogens (tertiary/aromatic N) is 3. The van der Waals surface area contributed by atoms with Crippen LogP contribution in [-0.4, -0.2) is 39.7 Å². The lowest BCUT2D eigenvalue weighted by atomic mass is 10.1. The molecule has 0 bridgehead atoms. The van der Waals surface area contributed by atoms with E-state index in [4.69, 9.17) is 5.73 Å². The van der Waals surface area contributed by atoms with E-state index in [-0.39, 0.29) is 11.9 Å². The molecular formula is C15H26N4O. The van der Waals surface area contributed by atoms with Crippen LogP contribution in [0.25, 0.3) is 0 Å². The Kier molecular flexibility index (Phi) is 4.48. The molecule has 2 heterocycles. The van der Waals surface area contributed by atoms with Gasteiger partial charge in [-0.3, -0.25) is 9.48 Å². The third-order valence-corrected chi connectivity index (χ3v) is 4.16. The number of hydrogen-bond acceptors (Lipinski definition) is 3. The largest absolute Gasteiger partial charge is 0.334 e. The Hall–Kier alpha value is -1.36. The predicted molar refractivity (Wildman–Crippen MR) is 79.6 cm³/mol. The first-order valence-corrected chi connectivity index (χ1v) is 7.56. The first kappa shape index (κ1) is 15.0. The SMILES string of the molecule is CCn1nc(C(C)C)cc1C(=O)N1CC(CN)CC1C. The van der Waals surface area contributed by atoms with Gasteiger partial charge in [0.05, 0.1) is 5.69 Å². The van der Waals surface area contributed by atoms with E-state index < -0.39 is 0 Å². The maximum absolute atomic E-state index is 12.8. The number of hydrogen-bond donors (Lipinski definition) is 1. The molecule has 1 aromatic rings. The quantitative estimate of drug-likeness (QED) is 0.914. The highest BCUT2D eigenvalue weighted by Crippen LogP contribution is 2.25. The van der Waals surface area contributed by atoms with E-state index in [1.54, 1.807) is 0 Å². The van der Waals surface area contributed by atoms with Crippen LogP contribution in [-0.2, 0) is 6.54 Å². The van der Waals surface area contributed by atoms with Gasteiger partial charge in [-0.2, -0.15) is 5.10 Å². The van der Waals surface area contributed by atoms with Crippen molar-refractivity contribution in [3.8, 4) is 0 Å². The Labute approximate surface area is 121 Å². The minimum Gasteiger partial charge on any atom is -0.334 e. The summed E-state index contributed by atoms with van der Waals surface area (Å²) in [6.07, 6.45) is 1.000. The molecule has 112 valence electrons. The number of aryl methyl sites for hydroxylation is 1. The zero-order valence-corrected chi connectivity index (χ0v) is 13.0. The molecule has 2 atom stereocenters. The molecule has 2 unspecified atom stereocenters. The van der Waals surface area contributed by atoms with Crippen LogP contribution >= 0.6 is 0 Å². The monoisotopic (exact) mass is 278 g/mol. The van der Waals surface area contributed by atoms with Crippen LogP contribution in [0.2, 0.25) is 0 Å². The van der Waals surface area contributed by atoms with Crippen LogP contribution in [0.1, 0.15) is 56.2 Å². The molecule has 1 aromatic heterocycles. The lowest BCUT2D eigenvalue weighted by Gasteiger charge is -2.21. The number of nitrogens with two attached hydrogens (primary N) is 1. The molecule has 0 aromatic carbocycles. The van der Waals surface area contributed by atoms with E-state index in [1.807, 2.05) is 22.6 Å². The van der Waals surface area contributed by atoms with Gasteiger partial charge in [-0.05, 0) is 44.7 Å². The number of carbonyl (C=O) groups is 1. The van der Waals surface area contributed by atoms with Crippen molar-refractivity contribution in [2.45, 2.75) is 52.6 Å². The van der Waals surface area contributed by atoms with Crippen molar-refractivity contribution in [1.29, 1.82) is 0 Å². The molecule has 2 N–H and O–H groups in total. The van der Waals surface area contributed by atoms with Gasteiger partial charge in [0.1, 0.15) is 5.69 Å². The maximum Gasteiger partial charge on any atom is 0.272 e. The second-order valence-corrected chi connectivity index (χ2v) is 6.07. The van der Waals surface area contributed by atoms with E-state index in [9.17, 15) is 4.79 Å². The summed E-state index contributed by atoms with van der Waals surface area (Å²) in [5, 5.41) is 4.53. The van der Waals surface area contributed by atoms with Crippen LogP contribution in [0.15, 0.2) is 6.07 Å². The van der Waals surface area contributed by atoms with E-state index in [2.05, 4.69) is 25.9 Å². The fourth-order valence-electron chi connectivity index (χ4n) is 2.88. The topological polar surface area (TPSA) is 64.2 Å². The smallest absolute Gasteiger partial charge is 0.272 e. The first-order valence-electron chi connectivity index (χ1n) is 7.56. The minimum atomic E-state index is 0.0923. The number of aromatic nitrogens is 2. The first-order chi connectivity index (χ1) is 9.47. The summed E-state index contributed by atoms with van der Waals surface area (Å²) in [5.41, 5.74) is 7.43. The molecule has 1 saturated heterocycles. The van der Waals surface area contributed by atoms with Gasteiger partial charge in [-0.15, -0.1) is 0 Å². The molecule has 0 radical (unpaired) electrons. The molecule has 20 heavy (non-hydrogen) atoms. The van der Waals surface area contributed by atoms with E-state index in [0.29, 0.717) is 24.1 Å². The summed E-state index contributed by atoms with van der Waals surface area (Å²) < 4.78 is 1.82. The Morgan fingerprint density at radius 1 is 1.55 bits per heavy atom. The van der Waals surface area contributed by atoms with Gasteiger partial charge < -0.3 is 10.6 Å². The number of amides is 1. The molecule has 1 aliphatic rings. The molecule has 1 amide bonds. The Bertz CT molecular complexity index is 480. The average molecular weight is 278 g/mol. The third-order valence-electron chi connectivity index (χ3n) is 4.16. The summed E-state index contributed by atoms with van der Waals surface area (Å²) in [4.78, 5) is 14.7. The van der Waals surface area contributed by atoms with Gasteiger partial charge >= 0.3 is 0 Å². The van der Waals surface area contributed by atoms with Gasteiger partial charge in [-0.1, -0.05) is 13.8 Å². The standard InChI is InChI=1S/C15H26N4O/c1-5-19-14(7-13(17-19)10(2)3)15(20)18-9-12(8-16)6-11(18)4/h7,10-12H,5-6,8-9,16H2,1-4H3. The lowest BCUT2D eigenvalue weighted by Crippen LogP contribution is -2.35. The fourth-order valence-corrected chi connectivity index (χ4v) is 2.88. The summed E-state index contributed by atoms with van der Waals surface area (Å²) in [6.45, 7) is 10.4. The molecule has 5 nitrogen and oxygen atoms in total. The van der Waals surface area contributed by atoms with Crippen molar-refractivity contribution in [1.82, 2.24) is 14.7 Å². The van der Waals surface area contributed by atoms with Gasteiger partial charge in [-0.25, -0.2) is 0 Å². The normalized spacial score (nSPS) is 22.8. The second kappa shape index (κ2) is 5.95. The molecule has 1 aliphatic heterocycles. The highest BCUT2D eigenvalue weighted by molar-refractivity contribution is 5.93. The van der Waals surface area contributed by atoms with Gasteiger partial charge in [0.25, 0.3) is 5.91 Å². The van der Waals surface area contributed by atoms with Crippen LogP contribution in [0.5, 0.6) is 0 Å². The van der Waals surface area contributed by atoms with Crippen molar-refractivity contribution in [3.63, 3.8) is 0 Å². The maximum atomic E-state index is 12.8. The molecule has 0 spiro atoms. The predicted octanol–water partition coefficient (Wildman–Crippen LogP) is 1.84. The van der Waals surface area contributed by atoms with Crippen molar-refractivity contribution in [2.24, 2.45) is 11.7 Å². The Morgan fingerprint density at radius 3 is 2.75 bits per heavy atom. The summed E-state index contributed by atoms with van der Waals surface area (Å²) in [5.74, 6) is 0.855. The van der Waals surface area contributed by atoms with Gasteiger partial charge in [0, 0.05) is 19.1 Å². The molecule has 1 fully saturated rings. The fraction of sp³-hybridized carbons (Fsp3) is 0.733. The minimum absolute atomic E-state index is 0.0923. The van der Waals surface area contributed by atoms with Crippen molar-refractivity contribution in [2.75, 3.05) is 13.1 Å². The van der Waals surface area contributed by atoms with Crippen LogP contribution < -0.4 is 5.73 Å². The van der Waals surface area contributed by atoms with E-state index >= 15 is 0 Å². The summed E-state index contributed by atoms with van der Waals surface area (Å²) >= 11 is 0. The lowest BCUT2D eigenvalue weighted by molar-refractivity contribution is 0.0731. The van der Waals surface area contributed by atoms with Gasteiger partial charge in [0.15, 0.2) is 0 Å². The number of rotatable bonds is 4. The summed E-state index contributed by atoms with van der Waals surface area (Å²) in [7, 11) is 0. The van der Waals surface area contributed by atoms with E-state index in [0.717, 1.165) is 25.2 Å². The average Bonchev–Trinajstić information content (AvgIpc) is 3.01. The molecular weight excluding hydrogens is 252 g/mol. The van der Waals surface area contributed by atoms with Crippen molar-refractivity contribution >= 4 is 5.91 Å². The van der Waals surface area contributed by atoms with Crippen molar-refractivity contribution in [3.05, 3.63) is 17.5 Å². The Morgan fingerprint density at radius 2 is 2.25 bits per heavy atom. The third kappa shape index (κ3) is 2.73. The summed E-state index contributed by atoms with van der Waals surface area (Å²) in [6, 6.07) is 2.21. The van der Waals surface area contributed by atoms with Crippen molar-refractivity contribution < 1.29 is 4.79 Å². The zero-order valence-electron chi connectivity index (χ0n) is 13.0. The van der Waals surface area contributed by atoms with Crippen LogP contribution in [0.3, 0.4) is 0 Å². The molecule has 2 rings (SSSR count). The molecule has 0 aliphatic carbocycles. The second-order valence-electron chi connectivity index (χ2n) is 6.07. The molecule has 5 heteroatoms. The van der Waals surface area contributed by atoms with Crippen LogP contribution in [0.4, 0.5) is 0 Å². The zero-order chi connectivity index (χ0) is 14.9. The Balaban J connectivity index is 2.24. The van der Waals surface area contributed by atoms with E-state index in [1.165, 1.54) is 0 Å². The van der Waals surface area contributed by atoms with Gasteiger partial charge in [0.2, 0.25) is 0 Å². The number of carbonyl (C=O) groups excluding carboxylic acids is 1. The number of likely N-dealkylation sites (tertiary alicyclic amines) is 1. The molecule has 0 saturated carbocycles. The highest BCUT2D eigenvalue weighted by Gasteiger charge is 2.33. The van der Waals surface area contributed by atoms with Crippen LogP contribution in [0, 0.1) is 5.92 Å².